The van der Waals surface area contributed by atoms with Crippen molar-refractivity contribution >= 4 is 0 Å². The molecule has 16 heavy (non-hydrogen) atoms. The van der Waals surface area contributed by atoms with Crippen LogP contribution in [0.2, 0.25) is 0 Å². The number of likely N-dealkylation sites (N-methyl/N-ethyl adjacent to an activating group) is 1. The molecule has 0 amide bonds. The van der Waals surface area contributed by atoms with E-state index >= 15 is 0 Å². The number of methoxy groups -OCH3 is 1. The zero-order valence-corrected chi connectivity index (χ0v) is 10.8. The fourth-order valence-electron chi connectivity index (χ4n) is 2.30. The molecule has 0 radical (unpaired) electrons. The highest BCUT2D eigenvalue weighted by atomic mass is 16.7. The van der Waals surface area contributed by atoms with Gasteiger partial charge < -0.3 is 24.2 Å². The second kappa shape index (κ2) is 4.98. The van der Waals surface area contributed by atoms with Crippen molar-refractivity contribution in [3.63, 3.8) is 0 Å². The molecule has 0 spiro atoms. The van der Waals surface area contributed by atoms with Crippen molar-refractivity contribution in [2.24, 2.45) is 5.92 Å². The third kappa shape index (κ3) is 2.55. The Morgan fingerprint density at radius 2 is 1.88 bits per heavy atom. The highest BCUT2D eigenvalue weighted by Crippen LogP contribution is 2.30. The lowest BCUT2D eigenvalue weighted by Crippen LogP contribution is -2.65. The summed E-state index contributed by atoms with van der Waals surface area (Å²) in [5.74, 6) is -0.0984. The molecule has 5 atom stereocenters. The molecule has 5 nitrogen and oxygen atoms in total. The molecular formula is C11H24NO4+. The van der Waals surface area contributed by atoms with Gasteiger partial charge in [0.15, 0.2) is 6.04 Å². The van der Waals surface area contributed by atoms with Crippen LogP contribution in [-0.4, -0.2) is 74.1 Å². The van der Waals surface area contributed by atoms with Crippen molar-refractivity contribution in [1.29, 1.82) is 0 Å². The molecule has 0 aromatic rings. The van der Waals surface area contributed by atoms with E-state index in [-0.39, 0.29) is 24.7 Å². The van der Waals surface area contributed by atoms with Gasteiger partial charge in [-0.3, -0.25) is 0 Å². The Morgan fingerprint density at radius 1 is 1.31 bits per heavy atom. The summed E-state index contributed by atoms with van der Waals surface area (Å²) in [6, 6.07) is -0.150. The Hall–Kier alpha value is -0.200. The molecule has 2 N–H and O–H groups in total. The van der Waals surface area contributed by atoms with Crippen LogP contribution in [0.1, 0.15) is 6.92 Å². The first-order valence-electron chi connectivity index (χ1n) is 5.61. The zero-order chi connectivity index (χ0) is 12.5. The smallest absolute Gasteiger partial charge is 0.213 e. The highest BCUT2D eigenvalue weighted by molar-refractivity contribution is 4.87. The molecule has 1 aliphatic heterocycles. The summed E-state index contributed by atoms with van der Waals surface area (Å²) >= 11 is 0. The van der Waals surface area contributed by atoms with Crippen LogP contribution in [0.25, 0.3) is 0 Å². The van der Waals surface area contributed by atoms with Crippen molar-refractivity contribution < 1.29 is 24.2 Å². The molecule has 1 aliphatic rings. The van der Waals surface area contributed by atoms with Crippen LogP contribution in [-0.2, 0) is 9.47 Å². The standard InChI is InChI=1S/C11H24NO4/c1-7-8(6-13)16-11(15-5)9(10(7)14)12(2,3)4/h7-11,13-14H,6H2,1-5H3/q+1/t7-,8-,9-,10+,11-/m1/s1. The van der Waals surface area contributed by atoms with E-state index < -0.39 is 12.4 Å². The maximum absolute atomic E-state index is 10.3. The molecule has 96 valence electrons. The number of ether oxygens (including phenoxy) is 2. The molecular weight excluding hydrogens is 210 g/mol. The van der Waals surface area contributed by atoms with E-state index in [2.05, 4.69) is 0 Å². The molecule has 1 saturated heterocycles. The van der Waals surface area contributed by atoms with Crippen LogP contribution in [0.3, 0.4) is 0 Å². The predicted molar refractivity (Wildman–Crippen MR) is 59.7 cm³/mol. The Morgan fingerprint density at radius 3 is 2.25 bits per heavy atom. The number of hydrogen-bond acceptors (Lipinski definition) is 4. The van der Waals surface area contributed by atoms with Crippen molar-refractivity contribution in [3.05, 3.63) is 0 Å². The Labute approximate surface area is 97.2 Å². The molecule has 1 rings (SSSR count). The van der Waals surface area contributed by atoms with Gasteiger partial charge in [-0.25, -0.2) is 0 Å². The van der Waals surface area contributed by atoms with Gasteiger partial charge >= 0.3 is 0 Å². The molecule has 1 fully saturated rings. The van der Waals surface area contributed by atoms with Gasteiger partial charge in [0.2, 0.25) is 6.29 Å². The van der Waals surface area contributed by atoms with Gasteiger partial charge in [-0.15, -0.1) is 0 Å². The lowest BCUT2D eigenvalue weighted by Gasteiger charge is -2.47. The molecule has 0 bridgehead atoms. The topological polar surface area (TPSA) is 58.9 Å². The second-order valence-corrected chi connectivity index (χ2v) is 5.42. The van der Waals surface area contributed by atoms with E-state index in [0.29, 0.717) is 4.48 Å². The summed E-state index contributed by atoms with van der Waals surface area (Å²) in [5.41, 5.74) is 0. The van der Waals surface area contributed by atoms with Gasteiger partial charge in [-0.2, -0.15) is 0 Å². The molecule has 0 aromatic heterocycles. The van der Waals surface area contributed by atoms with Gasteiger partial charge in [0.1, 0.15) is 6.10 Å². The van der Waals surface area contributed by atoms with Crippen LogP contribution in [0.4, 0.5) is 0 Å². The van der Waals surface area contributed by atoms with Crippen LogP contribution in [0, 0.1) is 5.92 Å². The Bertz CT molecular complexity index is 227. The normalized spacial score (nSPS) is 41.1. The summed E-state index contributed by atoms with van der Waals surface area (Å²) < 4.78 is 11.5. The number of nitrogens with zero attached hydrogens (tertiary/aromatic N) is 1. The summed E-state index contributed by atoms with van der Waals surface area (Å²) in [4.78, 5) is 0. The number of rotatable bonds is 3. The monoisotopic (exact) mass is 234 g/mol. The lowest BCUT2D eigenvalue weighted by atomic mass is 9.88. The minimum atomic E-state index is -0.546. The van der Waals surface area contributed by atoms with Gasteiger partial charge in [0.25, 0.3) is 0 Å². The average molecular weight is 234 g/mol. The second-order valence-electron chi connectivity index (χ2n) is 5.42. The van der Waals surface area contributed by atoms with Crippen molar-refractivity contribution in [1.82, 2.24) is 0 Å². The van der Waals surface area contributed by atoms with Crippen molar-refractivity contribution in [2.75, 3.05) is 34.9 Å². The number of aliphatic hydroxyl groups excluding tert-OH is 2. The van der Waals surface area contributed by atoms with Gasteiger partial charge in [0.05, 0.1) is 33.9 Å². The summed E-state index contributed by atoms with van der Waals surface area (Å²) in [5, 5.41) is 19.5. The Balaban J connectivity index is 2.91. The van der Waals surface area contributed by atoms with Crippen molar-refractivity contribution in [3.8, 4) is 0 Å². The Kier molecular flexibility index (Phi) is 4.31. The summed E-state index contributed by atoms with van der Waals surface area (Å²) in [6.45, 7) is 1.79. The van der Waals surface area contributed by atoms with E-state index in [4.69, 9.17) is 9.47 Å². The van der Waals surface area contributed by atoms with Gasteiger partial charge in [-0.1, -0.05) is 6.92 Å². The minimum Gasteiger partial charge on any atom is -0.394 e. The van der Waals surface area contributed by atoms with E-state index in [0.717, 1.165) is 0 Å². The molecule has 0 aliphatic carbocycles. The van der Waals surface area contributed by atoms with E-state index in [9.17, 15) is 10.2 Å². The van der Waals surface area contributed by atoms with Crippen LogP contribution >= 0.6 is 0 Å². The molecule has 0 saturated carbocycles. The quantitative estimate of drug-likeness (QED) is 0.642. The number of aliphatic hydroxyl groups is 2. The average Bonchev–Trinajstić information content (AvgIpc) is 2.19. The lowest BCUT2D eigenvalue weighted by molar-refractivity contribution is -0.909. The molecule has 5 heteroatoms. The molecule has 1 heterocycles. The molecule has 0 unspecified atom stereocenters. The fraction of sp³-hybridized carbons (Fsp3) is 1.00. The number of hydrogen-bond donors (Lipinski definition) is 2. The van der Waals surface area contributed by atoms with Gasteiger partial charge in [0, 0.05) is 13.0 Å². The first-order valence-corrected chi connectivity index (χ1v) is 5.61. The maximum atomic E-state index is 10.3. The summed E-state index contributed by atoms with van der Waals surface area (Å²) in [7, 11) is 7.55. The summed E-state index contributed by atoms with van der Waals surface area (Å²) in [6.07, 6.45) is -1.39. The maximum Gasteiger partial charge on any atom is 0.213 e. The molecule has 0 aromatic carbocycles. The first-order chi connectivity index (χ1) is 7.32. The zero-order valence-electron chi connectivity index (χ0n) is 10.8. The third-order valence-corrected chi connectivity index (χ3v) is 3.37. The minimum absolute atomic E-state index is 0.0953. The van der Waals surface area contributed by atoms with Crippen LogP contribution in [0.5, 0.6) is 0 Å². The van der Waals surface area contributed by atoms with E-state index in [1.54, 1.807) is 7.11 Å². The third-order valence-electron chi connectivity index (χ3n) is 3.37. The van der Waals surface area contributed by atoms with Crippen molar-refractivity contribution in [2.45, 2.75) is 31.5 Å². The van der Waals surface area contributed by atoms with Gasteiger partial charge in [-0.05, 0) is 0 Å². The van der Waals surface area contributed by atoms with Crippen LogP contribution < -0.4 is 0 Å². The fourth-order valence-corrected chi connectivity index (χ4v) is 2.30. The highest BCUT2D eigenvalue weighted by Gasteiger charge is 2.49. The van der Waals surface area contributed by atoms with E-state index in [1.165, 1.54) is 0 Å². The number of quaternary nitrogens is 1. The first kappa shape index (κ1) is 13.9. The SMILES string of the molecule is CO[C@@H]1O[C@H](CO)[C@@H](C)[C@H](O)[C@H]1[N+](C)(C)C. The van der Waals surface area contributed by atoms with E-state index in [1.807, 2.05) is 28.1 Å². The predicted octanol–water partition coefficient (Wildman–Crippen LogP) is -0.578. The van der Waals surface area contributed by atoms with Crippen LogP contribution in [0.15, 0.2) is 0 Å². The largest absolute Gasteiger partial charge is 0.394 e.